The Kier molecular flexibility index (Phi) is 5.54. The van der Waals surface area contributed by atoms with E-state index in [1.54, 1.807) is 16.6 Å². The van der Waals surface area contributed by atoms with Crippen molar-refractivity contribution in [1.29, 1.82) is 0 Å². The Morgan fingerprint density at radius 3 is 2.67 bits per heavy atom. The standard InChI is InChI=1S/C31H29FN4O3/c1-17-21-6-4-3-5-18(21)11-12-35(17)30(37)27-15-28(19-7-8-19)36-29(33-27)16-26(34-36)22-10-9-20(13-25(22)32)23-14-24(23)31(38)39-2/h3-6,9-10,13,15-17,19,23-24H,7-8,11-12,14H2,1-2H3/t17-,23+,24-/m1/s1. The third-order valence-electron chi connectivity index (χ3n) is 8.52. The number of benzene rings is 2. The van der Waals surface area contributed by atoms with E-state index in [1.807, 2.05) is 29.2 Å². The summed E-state index contributed by atoms with van der Waals surface area (Å²) in [4.78, 5) is 32.2. The number of nitrogens with zero attached hydrogens (tertiary/aromatic N) is 4. The van der Waals surface area contributed by atoms with Crippen molar-refractivity contribution in [1.82, 2.24) is 19.5 Å². The van der Waals surface area contributed by atoms with Gasteiger partial charge in [-0.15, -0.1) is 0 Å². The zero-order valence-electron chi connectivity index (χ0n) is 21.9. The Bertz CT molecular complexity index is 1640. The quantitative estimate of drug-likeness (QED) is 0.325. The maximum atomic E-state index is 15.3. The predicted molar refractivity (Wildman–Crippen MR) is 143 cm³/mol. The van der Waals surface area contributed by atoms with Crippen LogP contribution in [0.5, 0.6) is 0 Å². The molecule has 0 unspecified atom stereocenters. The van der Waals surface area contributed by atoms with E-state index in [2.05, 4.69) is 19.1 Å². The average molecular weight is 525 g/mol. The molecule has 3 heterocycles. The van der Waals surface area contributed by atoms with Gasteiger partial charge in [0.05, 0.1) is 24.8 Å². The Hall–Kier alpha value is -4.07. The van der Waals surface area contributed by atoms with Crippen LogP contribution in [0.4, 0.5) is 4.39 Å². The molecule has 2 aliphatic carbocycles. The summed E-state index contributed by atoms with van der Waals surface area (Å²) in [6.45, 7) is 2.71. The third-order valence-corrected chi connectivity index (χ3v) is 8.52. The summed E-state index contributed by atoms with van der Waals surface area (Å²) in [7, 11) is 1.37. The SMILES string of the molecule is COC(=O)[C@@H]1C[C@H]1c1ccc(-c2cc3nc(C(=O)N4CCc5ccccc5[C@H]4C)cc(C4CC4)n3n2)c(F)c1. The zero-order valence-corrected chi connectivity index (χ0v) is 21.9. The van der Waals surface area contributed by atoms with Gasteiger partial charge in [0.2, 0.25) is 0 Å². The molecule has 0 bridgehead atoms. The molecule has 2 fully saturated rings. The van der Waals surface area contributed by atoms with Crippen molar-refractivity contribution in [3.8, 4) is 11.3 Å². The number of rotatable bonds is 5. The van der Waals surface area contributed by atoms with Gasteiger partial charge in [0.1, 0.15) is 11.5 Å². The minimum Gasteiger partial charge on any atom is -0.469 e. The third kappa shape index (κ3) is 4.09. The van der Waals surface area contributed by atoms with Crippen LogP contribution in [0, 0.1) is 11.7 Å². The van der Waals surface area contributed by atoms with Gasteiger partial charge < -0.3 is 9.64 Å². The topological polar surface area (TPSA) is 76.8 Å². The van der Waals surface area contributed by atoms with Gasteiger partial charge in [0, 0.05) is 29.8 Å². The Morgan fingerprint density at radius 2 is 1.90 bits per heavy atom. The number of aromatic nitrogens is 3. The van der Waals surface area contributed by atoms with Crippen LogP contribution in [0.2, 0.25) is 0 Å². The monoisotopic (exact) mass is 524 g/mol. The summed E-state index contributed by atoms with van der Waals surface area (Å²) in [5.41, 5.74) is 5.98. The van der Waals surface area contributed by atoms with Crippen LogP contribution in [0.25, 0.3) is 16.9 Å². The summed E-state index contributed by atoms with van der Waals surface area (Å²) in [5, 5.41) is 4.72. The van der Waals surface area contributed by atoms with Crippen LogP contribution in [0.3, 0.4) is 0 Å². The lowest BCUT2D eigenvalue weighted by molar-refractivity contribution is -0.142. The van der Waals surface area contributed by atoms with Gasteiger partial charge >= 0.3 is 5.97 Å². The number of esters is 1. The lowest BCUT2D eigenvalue weighted by atomic mass is 9.93. The van der Waals surface area contributed by atoms with Crippen LogP contribution in [0.15, 0.2) is 54.6 Å². The lowest BCUT2D eigenvalue weighted by Gasteiger charge is -2.35. The molecule has 7 rings (SSSR count). The fourth-order valence-electron chi connectivity index (χ4n) is 6.05. The molecule has 3 aliphatic rings. The highest BCUT2D eigenvalue weighted by Crippen LogP contribution is 2.48. The first-order valence-electron chi connectivity index (χ1n) is 13.6. The van der Waals surface area contributed by atoms with E-state index >= 15 is 4.39 Å². The molecule has 0 saturated heterocycles. The summed E-state index contributed by atoms with van der Waals surface area (Å²) >= 11 is 0. The molecular weight excluding hydrogens is 495 g/mol. The van der Waals surface area contributed by atoms with E-state index in [0.717, 1.165) is 30.5 Å². The first-order valence-corrected chi connectivity index (χ1v) is 13.6. The minimum atomic E-state index is -0.392. The fraction of sp³-hybridized carbons (Fsp3) is 0.355. The normalized spacial score (nSPS) is 22.0. The van der Waals surface area contributed by atoms with Gasteiger partial charge in [-0.1, -0.05) is 30.3 Å². The predicted octanol–water partition coefficient (Wildman–Crippen LogP) is 5.45. The maximum absolute atomic E-state index is 15.3. The number of hydrogen-bond donors (Lipinski definition) is 0. The molecule has 198 valence electrons. The highest BCUT2D eigenvalue weighted by molar-refractivity contribution is 5.93. The first kappa shape index (κ1) is 24.0. The van der Waals surface area contributed by atoms with Crippen LogP contribution in [-0.2, 0) is 16.0 Å². The molecule has 1 aliphatic heterocycles. The van der Waals surface area contributed by atoms with E-state index in [-0.39, 0.29) is 29.8 Å². The van der Waals surface area contributed by atoms with Gasteiger partial charge in [-0.25, -0.2) is 13.9 Å². The molecule has 0 radical (unpaired) electrons. The Balaban J connectivity index is 1.21. The van der Waals surface area contributed by atoms with Gasteiger partial charge in [-0.05, 0) is 73.4 Å². The Labute approximate surface area is 225 Å². The van der Waals surface area contributed by atoms with E-state index < -0.39 is 5.82 Å². The van der Waals surface area contributed by atoms with Crippen LogP contribution >= 0.6 is 0 Å². The second kappa shape index (κ2) is 9.00. The molecule has 0 spiro atoms. The Morgan fingerprint density at radius 1 is 1.08 bits per heavy atom. The molecule has 0 N–H and O–H groups in total. The molecule has 8 heteroatoms. The number of amides is 1. The highest BCUT2D eigenvalue weighted by atomic mass is 19.1. The highest BCUT2D eigenvalue weighted by Gasteiger charge is 2.45. The van der Waals surface area contributed by atoms with Crippen molar-refractivity contribution >= 4 is 17.5 Å². The first-order chi connectivity index (χ1) is 18.9. The second-order valence-corrected chi connectivity index (χ2v) is 11.0. The number of methoxy groups -OCH3 is 1. The summed E-state index contributed by atoms with van der Waals surface area (Å²) < 4.78 is 21.9. The second-order valence-electron chi connectivity index (χ2n) is 11.0. The molecule has 3 atom stereocenters. The number of halogens is 1. The average Bonchev–Trinajstić information content (AvgIpc) is 3.88. The lowest BCUT2D eigenvalue weighted by Crippen LogP contribution is -2.39. The molecule has 4 aromatic rings. The van der Waals surface area contributed by atoms with Crippen molar-refractivity contribution < 1.29 is 18.7 Å². The van der Waals surface area contributed by atoms with Gasteiger partial charge in [-0.2, -0.15) is 5.10 Å². The summed E-state index contributed by atoms with van der Waals surface area (Å²) in [6.07, 6.45) is 3.55. The van der Waals surface area contributed by atoms with E-state index in [9.17, 15) is 9.59 Å². The molecule has 2 aromatic heterocycles. The van der Waals surface area contributed by atoms with E-state index in [0.29, 0.717) is 41.5 Å². The largest absolute Gasteiger partial charge is 0.469 e. The van der Waals surface area contributed by atoms with Gasteiger partial charge in [-0.3, -0.25) is 9.59 Å². The molecule has 1 amide bonds. The summed E-state index contributed by atoms with van der Waals surface area (Å²) in [6, 6.07) is 16.9. The number of carbonyl (C=O) groups is 2. The van der Waals surface area contributed by atoms with Crippen LogP contribution < -0.4 is 0 Å². The van der Waals surface area contributed by atoms with Gasteiger partial charge in [0.25, 0.3) is 5.91 Å². The van der Waals surface area contributed by atoms with Crippen LogP contribution in [-0.4, -0.2) is 45.0 Å². The fourth-order valence-corrected chi connectivity index (χ4v) is 6.05. The molecule has 2 saturated carbocycles. The minimum absolute atomic E-state index is 0.0112. The van der Waals surface area contributed by atoms with Crippen molar-refractivity contribution in [2.45, 2.75) is 50.5 Å². The maximum Gasteiger partial charge on any atom is 0.309 e. The number of ether oxygens (including phenoxy) is 1. The number of hydrogen-bond acceptors (Lipinski definition) is 5. The molecule has 2 aromatic carbocycles. The summed E-state index contributed by atoms with van der Waals surface area (Å²) in [5.74, 6) is -0.639. The number of fused-ring (bicyclic) bond motifs is 2. The van der Waals surface area contributed by atoms with Crippen molar-refractivity contribution in [2.24, 2.45) is 5.92 Å². The van der Waals surface area contributed by atoms with Crippen molar-refractivity contribution in [2.75, 3.05) is 13.7 Å². The van der Waals surface area contributed by atoms with Gasteiger partial charge in [0.15, 0.2) is 5.65 Å². The van der Waals surface area contributed by atoms with E-state index in [1.165, 1.54) is 24.3 Å². The molecule has 39 heavy (non-hydrogen) atoms. The van der Waals surface area contributed by atoms with Crippen molar-refractivity contribution in [3.63, 3.8) is 0 Å². The smallest absolute Gasteiger partial charge is 0.309 e. The number of carbonyl (C=O) groups excluding carboxylic acids is 2. The van der Waals surface area contributed by atoms with E-state index in [4.69, 9.17) is 14.8 Å². The van der Waals surface area contributed by atoms with Crippen molar-refractivity contribution in [3.05, 3.63) is 88.5 Å². The molecular formula is C31H29FN4O3. The molecule has 7 nitrogen and oxygen atoms in total. The zero-order chi connectivity index (χ0) is 26.8. The van der Waals surface area contributed by atoms with Crippen LogP contribution in [0.1, 0.15) is 76.9 Å².